The molecule has 0 radical (unpaired) electrons. The molecule has 0 amide bonds. The maximum absolute atomic E-state index is 11.6. The lowest BCUT2D eigenvalue weighted by atomic mass is 10.0. The molecule has 0 aliphatic heterocycles. The quantitative estimate of drug-likeness (QED) is 0.603. The number of ether oxygens (including phenoxy) is 1. The summed E-state index contributed by atoms with van der Waals surface area (Å²) in [6.45, 7) is 0.0675. The lowest BCUT2D eigenvalue weighted by Gasteiger charge is -2.10. The van der Waals surface area contributed by atoms with Gasteiger partial charge in [0, 0.05) is 25.2 Å². The second-order valence-corrected chi connectivity index (χ2v) is 4.30. The number of aliphatic hydroxyl groups excluding tert-OH is 1. The number of fused-ring (bicyclic) bond motifs is 1. The zero-order chi connectivity index (χ0) is 14.7. The van der Waals surface area contributed by atoms with Gasteiger partial charge in [0.05, 0.1) is 34.9 Å². The monoisotopic (exact) mass is 279 g/mol. The van der Waals surface area contributed by atoms with Gasteiger partial charge in [0.1, 0.15) is 0 Å². The third-order valence-electron chi connectivity index (χ3n) is 2.85. The Kier molecular flexibility index (Phi) is 4.06. The maximum atomic E-state index is 11.6. The Bertz CT molecular complexity index is 697. The maximum Gasteiger partial charge on any atom is 0.273 e. The summed E-state index contributed by atoms with van der Waals surface area (Å²) >= 11 is 0. The van der Waals surface area contributed by atoms with Crippen LogP contribution in [0.25, 0.3) is 10.9 Å². The van der Waals surface area contributed by atoms with Crippen molar-refractivity contribution in [1.29, 1.82) is 0 Å². The second-order valence-electron chi connectivity index (χ2n) is 4.30. The van der Waals surface area contributed by atoms with E-state index in [2.05, 4.69) is 9.97 Å². The molecule has 8 heteroatoms. The summed E-state index contributed by atoms with van der Waals surface area (Å²) in [5, 5.41) is 20.9. The summed E-state index contributed by atoms with van der Waals surface area (Å²) < 4.78 is 4.79. The summed E-state index contributed by atoms with van der Waals surface area (Å²) in [5.41, 5.74) is -0.00244. The highest BCUT2D eigenvalue weighted by atomic mass is 16.6. The molecule has 1 atom stereocenters. The van der Waals surface area contributed by atoms with Gasteiger partial charge < -0.3 is 14.8 Å². The van der Waals surface area contributed by atoms with Crippen LogP contribution < -0.4 is 5.56 Å². The Morgan fingerprint density at radius 3 is 2.95 bits per heavy atom. The number of aromatic amines is 1. The number of aromatic nitrogens is 2. The Morgan fingerprint density at radius 2 is 2.30 bits per heavy atom. The van der Waals surface area contributed by atoms with Gasteiger partial charge in [-0.1, -0.05) is 0 Å². The molecule has 1 aromatic carbocycles. The molecule has 1 unspecified atom stereocenters. The van der Waals surface area contributed by atoms with E-state index in [0.29, 0.717) is 11.1 Å². The van der Waals surface area contributed by atoms with Gasteiger partial charge in [-0.3, -0.25) is 14.9 Å². The van der Waals surface area contributed by atoms with Crippen LogP contribution in [0, 0.1) is 10.1 Å². The Hall–Kier alpha value is -2.32. The van der Waals surface area contributed by atoms with Gasteiger partial charge in [0.25, 0.3) is 11.2 Å². The molecule has 2 rings (SSSR count). The summed E-state index contributed by atoms with van der Waals surface area (Å²) in [6.07, 6.45) is 0.415. The molecule has 106 valence electrons. The van der Waals surface area contributed by atoms with Crippen molar-refractivity contribution < 1.29 is 14.8 Å². The van der Waals surface area contributed by atoms with Gasteiger partial charge in [0.2, 0.25) is 0 Å². The zero-order valence-electron chi connectivity index (χ0n) is 10.7. The van der Waals surface area contributed by atoms with Crippen LogP contribution in [-0.2, 0) is 11.2 Å². The van der Waals surface area contributed by atoms with Crippen LogP contribution >= 0.6 is 0 Å². The van der Waals surface area contributed by atoms with Crippen molar-refractivity contribution in [1.82, 2.24) is 9.97 Å². The predicted molar refractivity (Wildman–Crippen MR) is 70.6 cm³/mol. The first-order valence-corrected chi connectivity index (χ1v) is 5.84. The van der Waals surface area contributed by atoms with E-state index < -0.39 is 16.6 Å². The van der Waals surface area contributed by atoms with Crippen molar-refractivity contribution >= 4 is 16.6 Å². The lowest BCUT2D eigenvalue weighted by Crippen LogP contribution is -2.18. The summed E-state index contributed by atoms with van der Waals surface area (Å²) in [6, 6.07) is 2.62. The molecule has 0 saturated carbocycles. The van der Waals surface area contributed by atoms with Crippen LogP contribution in [0.3, 0.4) is 0 Å². The number of aliphatic hydroxyl groups is 1. The van der Waals surface area contributed by atoms with Crippen LogP contribution in [0.1, 0.15) is 5.56 Å². The first-order chi connectivity index (χ1) is 9.52. The number of methoxy groups -OCH3 is 1. The molecule has 0 spiro atoms. The molecular formula is C12H13N3O5. The number of H-pyrrole nitrogens is 1. The van der Waals surface area contributed by atoms with E-state index in [1.807, 2.05) is 0 Å². The van der Waals surface area contributed by atoms with Crippen molar-refractivity contribution in [3.05, 3.63) is 44.5 Å². The fraction of sp³-hybridized carbons (Fsp3) is 0.333. The molecule has 2 N–H and O–H groups in total. The number of hydrogen-bond acceptors (Lipinski definition) is 6. The van der Waals surface area contributed by atoms with Gasteiger partial charge in [-0.2, -0.15) is 0 Å². The van der Waals surface area contributed by atoms with E-state index in [0.717, 1.165) is 0 Å². The second kappa shape index (κ2) is 5.76. The zero-order valence-corrected chi connectivity index (χ0v) is 10.7. The number of nitro groups is 1. The van der Waals surface area contributed by atoms with Crippen molar-refractivity contribution in [2.24, 2.45) is 0 Å². The molecule has 0 saturated heterocycles. The van der Waals surface area contributed by atoms with Crippen LogP contribution in [0.4, 0.5) is 5.69 Å². The van der Waals surface area contributed by atoms with E-state index in [4.69, 9.17) is 4.74 Å². The summed E-state index contributed by atoms with van der Waals surface area (Å²) in [7, 11) is 1.43. The molecule has 2 aromatic rings. The normalized spacial score (nSPS) is 12.5. The van der Waals surface area contributed by atoms with Gasteiger partial charge in [-0.25, -0.2) is 4.98 Å². The van der Waals surface area contributed by atoms with Gasteiger partial charge in [-0.05, 0) is 6.07 Å². The molecule has 0 aliphatic carbocycles. The molecule has 0 bridgehead atoms. The number of nitrogens with zero attached hydrogens (tertiary/aromatic N) is 2. The first-order valence-electron chi connectivity index (χ1n) is 5.84. The molecule has 1 aromatic heterocycles. The molecule has 0 aliphatic rings. The van der Waals surface area contributed by atoms with E-state index in [9.17, 15) is 20.0 Å². The van der Waals surface area contributed by atoms with Gasteiger partial charge >= 0.3 is 0 Å². The Morgan fingerprint density at radius 1 is 1.55 bits per heavy atom. The van der Waals surface area contributed by atoms with E-state index in [1.165, 1.54) is 25.6 Å². The summed E-state index contributed by atoms with van der Waals surface area (Å²) in [5.74, 6) is 0. The molecular weight excluding hydrogens is 266 g/mol. The highest BCUT2D eigenvalue weighted by Crippen LogP contribution is 2.24. The van der Waals surface area contributed by atoms with Crippen LogP contribution in [0.15, 0.2) is 23.3 Å². The smallest absolute Gasteiger partial charge is 0.273 e. The highest BCUT2D eigenvalue weighted by molar-refractivity contribution is 5.81. The fourth-order valence-corrected chi connectivity index (χ4v) is 1.99. The topological polar surface area (TPSA) is 118 Å². The molecule has 1 heterocycles. The summed E-state index contributed by atoms with van der Waals surface area (Å²) in [4.78, 5) is 28.4. The van der Waals surface area contributed by atoms with Gasteiger partial charge in [-0.15, -0.1) is 0 Å². The van der Waals surface area contributed by atoms with Gasteiger partial charge in [0.15, 0.2) is 0 Å². The predicted octanol–water partition coefficient (Wildman–Crippen LogP) is 0.381. The molecule has 0 fully saturated rings. The van der Waals surface area contributed by atoms with Crippen LogP contribution in [0.2, 0.25) is 0 Å². The lowest BCUT2D eigenvalue weighted by molar-refractivity contribution is -0.385. The molecule has 8 nitrogen and oxygen atoms in total. The molecule has 20 heavy (non-hydrogen) atoms. The van der Waals surface area contributed by atoms with Crippen LogP contribution in [0.5, 0.6) is 0 Å². The third-order valence-corrected chi connectivity index (χ3v) is 2.85. The van der Waals surface area contributed by atoms with Crippen LogP contribution in [-0.4, -0.2) is 39.8 Å². The minimum Gasteiger partial charge on any atom is -0.390 e. The highest BCUT2D eigenvalue weighted by Gasteiger charge is 2.19. The number of rotatable bonds is 5. The largest absolute Gasteiger partial charge is 0.390 e. The first kappa shape index (κ1) is 14.1. The third kappa shape index (κ3) is 2.81. The minimum absolute atomic E-state index is 0.0502. The average Bonchev–Trinajstić information content (AvgIpc) is 2.38. The fourth-order valence-electron chi connectivity index (χ4n) is 1.99. The van der Waals surface area contributed by atoms with E-state index in [-0.39, 0.29) is 24.1 Å². The van der Waals surface area contributed by atoms with E-state index >= 15 is 0 Å². The Labute approximate surface area is 113 Å². The van der Waals surface area contributed by atoms with E-state index in [1.54, 1.807) is 0 Å². The number of benzene rings is 1. The standard InChI is InChI=1S/C12H13N3O5/c1-20-5-8(16)2-7-3-10-9(4-11(7)15(18)19)12(17)14-6-13-10/h3-4,6,8,16H,2,5H2,1H3,(H,13,14,17). The number of nitrogens with one attached hydrogen (secondary N) is 1. The average molecular weight is 279 g/mol. The Balaban J connectivity index is 2.54. The van der Waals surface area contributed by atoms with Crippen molar-refractivity contribution in [3.63, 3.8) is 0 Å². The SMILES string of the molecule is COCC(O)Cc1cc2nc[nH]c(=O)c2cc1[N+](=O)[O-]. The number of hydrogen-bond donors (Lipinski definition) is 2. The van der Waals surface area contributed by atoms with Crippen molar-refractivity contribution in [3.8, 4) is 0 Å². The number of nitro benzene ring substituents is 1. The van der Waals surface area contributed by atoms with Crippen molar-refractivity contribution in [2.45, 2.75) is 12.5 Å². The minimum atomic E-state index is -0.863. The van der Waals surface area contributed by atoms with Crippen molar-refractivity contribution in [2.75, 3.05) is 13.7 Å².